The minimum Gasteiger partial charge on any atom is -0.573 e. The number of hydrogen-bond donors (Lipinski definition) is 0. The zero-order valence-electron chi connectivity index (χ0n) is 18.8. The van der Waals surface area contributed by atoms with Crippen LogP contribution in [0.5, 0.6) is 0 Å². The number of pyridine rings is 2. The standard InChI is InChI=1S/2C12H14N3.Ir/c1-12(2,3)10-7-9-15(14-10)11-6-4-5-8-13-11;1-12(2,3)11-8-10(14-15-11)9-6-4-5-7-13-9;/h2*4-8H,1-3H3;/q2*-1;. The average Bonchev–Trinajstić information content (AvgIpc) is 3.40. The monoisotopic (exact) mass is 593 g/mol. The van der Waals surface area contributed by atoms with Gasteiger partial charge >= 0.3 is 0 Å². The molecule has 4 rings (SSSR count). The predicted molar refractivity (Wildman–Crippen MR) is 118 cm³/mol. The Morgan fingerprint density at radius 2 is 1.48 bits per heavy atom. The minimum atomic E-state index is 0. The second kappa shape index (κ2) is 10.1. The topological polar surface area (TPSA) is 70.6 Å². The van der Waals surface area contributed by atoms with Gasteiger partial charge in [-0.2, -0.15) is 0 Å². The summed E-state index contributed by atoms with van der Waals surface area (Å²) >= 11 is 0. The maximum atomic E-state index is 4.45. The molecule has 0 aliphatic carbocycles. The van der Waals surface area contributed by atoms with Crippen molar-refractivity contribution in [1.82, 2.24) is 29.9 Å². The first-order chi connectivity index (χ1) is 14.1. The van der Waals surface area contributed by atoms with Crippen molar-refractivity contribution in [3.05, 3.63) is 78.5 Å². The molecule has 4 aromatic heterocycles. The summed E-state index contributed by atoms with van der Waals surface area (Å²) in [6.45, 7) is 12.8. The first kappa shape index (κ1) is 24.6. The molecule has 4 aromatic rings. The summed E-state index contributed by atoms with van der Waals surface area (Å²) in [5.41, 5.74) is 3.84. The number of aromatic nitrogens is 6. The van der Waals surface area contributed by atoms with Gasteiger partial charge in [0.2, 0.25) is 0 Å². The Morgan fingerprint density at radius 1 is 0.839 bits per heavy atom. The van der Waals surface area contributed by atoms with Gasteiger partial charge in [-0.15, -0.1) is 6.07 Å². The molecule has 0 aliphatic rings. The van der Waals surface area contributed by atoms with Crippen LogP contribution in [0.3, 0.4) is 0 Å². The molecular weight excluding hydrogens is 565 g/mol. The van der Waals surface area contributed by atoms with E-state index in [1.807, 2.05) is 48.5 Å². The van der Waals surface area contributed by atoms with E-state index < -0.39 is 0 Å². The summed E-state index contributed by atoms with van der Waals surface area (Å²) in [6.07, 6.45) is 6.59. The summed E-state index contributed by atoms with van der Waals surface area (Å²) < 4.78 is 1.68. The van der Waals surface area contributed by atoms with Crippen LogP contribution < -0.4 is 5.10 Å². The SMILES string of the molecule is CC(C)(C)c1c[c-]n(-c2ccccn2)n1.CC(C)(C)c1cc(-c2ccccn2)[n-]n1.[Ir]. The van der Waals surface area contributed by atoms with E-state index in [2.05, 4.69) is 73.0 Å². The fraction of sp³-hybridized carbons (Fsp3) is 0.333. The van der Waals surface area contributed by atoms with Crippen molar-refractivity contribution in [2.75, 3.05) is 0 Å². The van der Waals surface area contributed by atoms with Crippen LogP contribution in [0.4, 0.5) is 0 Å². The molecule has 0 aliphatic heterocycles. The smallest absolute Gasteiger partial charge is 0.0519 e. The maximum Gasteiger partial charge on any atom is 0.0519 e. The molecular formula is C24H28IrN6-2. The predicted octanol–water partition coefficient (Wildman–Crippen LogP) is 4.76. The van der Waals surface area contributed by atoms with Gasteiger partial charge in [-0.05, 0) is 29.3 Å². The summed E-state index contributed by atoms with van der Waals surface area (Å²) in [4.78, 5) is 8.46. The van der Waals surface area contributed by atoms with Crippen LogP contribution in [0.25, 0.3) is 17.2 Å². The first-order valence-electron chi connectivity index (χ1n) is 9.96. The van der Waals surface area contributed by atoms with E-state index in [4.69, 9.17) is 0 Å². The van der Waals surface area contributed by atoms with Crippen LogP contribution in [0.2, 0.25) is 0 Å². The van der Waals surface area contributed by atoms with Crippen molar-refractivity contribution in [1.29, 1.82) is 0 Å². The Morgan fingerprint density at radius 3 is 1.97 bits per heavy atom. The zero-order chi connectivity index (χ0) is 21.8. The van der Waals surface area contributed by atoms with Gasteiger partial charge in [0, 0.05) is 49.3 Å². The summed E-state index contributed by atoms with van der Waals surface area (Å²) in [5.74, 6) is 0.799. The van der Waals surface area contributed by atoms with E-state index in [0.29, 0.717) is 0 Å². The number of nitrogens with zero attached hydrogens (tertiary/aromatic N) is 6. The van der Waals surface area contributed by atoms with E-state index in [-0.39, 0.29) is 30.9 Å². The van der Waals surface area contributed by atoms with E-state index in [1.165, 1.54) is 0 Å². The third-order valence-corrected chi connectivity index (χ3v) is 4.40. The van der Waals surface area contributed by atoms with E-state index in [0.717, 1.165) is 28.6 Å². The third-order valence-electron chi connectivity index (χ3n) is 4.40. The molecule has 0 saturated carbocycles. The summed E-state index contributed by atoms with van der Waals surface area (Å²) in [7, 11) is 0. The fourth-order valence-electron chi connectivity index (χ4n) is 2.55. The van der Waals surface area contributed by atoms with Gasteiger partial charge in [-0.3, -0.25) is 10.1 Å². The number of hydrogen-bond acceptors (Lipinski definition) is 4. The van der Waals surface area contributed by atoms with E-state index in [1.54, 1.807) is 17.1 Å². The van der Waals surface area contributed by atoms with Crippen LogP contribution >= 0.6 is 0 Å². The third kappa shape index (κ3) is 6.68. The Balaban J connectivity index is 0.000000213. The van der Waals surface area contributed by atoms with Gasteiger partial charge in [0.1, 0.15) is 0 Å². The molecule has 31 heavy (non-hydrogen) atoms. The molecule has 0 spiro atoms. The fourth-order valence-corrected chi connectivity index (χ4v) is 2.55. The summed E-state index contributed by atoms with van der Waals surface area (Å²) in [6, 6.07) is 15.4. The van der Waals surface area contributed by atoms with Crippen molar-refractivity contribution in [2.24, 2.45) is 0 Å². The molecule has 0 N–H and O–H groups in total. The van der Waals surface area contributed by atoms with E-state index >= 15 is 0 Å². The zero-order valence-corrected chi connectivity index (χ0v) is 21.2. The van der Waals surface area contributed by atoms with Crippen LogP contribution in [0.1, 0.15) is 52.9 Å². The van der Waals surface area contributed by atoms with Crippen LogP contribution in [-0.4, -0.2) is 24.8 Å². The van der Waals surface area contributed by atoms with Gasteiger partial charge in [-0.1, -0.05) is 77.7 Å². The molecule has 0 amide bonds. The Labute approximate surface area is 197 Å². The quantitative estimate of drug-likeness (QED) is 0.314. The van der Waals surface area contributed by atoms with Crippen molar-refractivity contribution < 1.29 is 20.1 Å². The molecule has 0 bridgehead atoms. The molecule has 7 heteroatoms. The van der Waals surface area contributed by atoms with Crippen molar-refractivity contribution in [3.63, 3.8) is 0 Å². The molecule has 6 nitrogen and oxygen atoms in total. The molecule has 0 aromatic carbocycles. The van der Waals surface area contributed by atoms with Gasteiger partial charge in [0.25, 0.3) is 0 Å². The second-order valence-corrected chi connectivity index (χ2v) is 9.09. The first-order valence-corrected chi connectivity index (χ1v) is 9.96. The van der Waals surface area contributed by atoms with Gasteiger partial charge in [-0.25, -0.2) is 0 Å². The van der Waals surface area contributed by atoms with Crippen molar-refractivity contribution >= 4 is 0 Å². The van der Waals surface area contributed by atoms with Crippen LogP contribution in [-0.2, 0) is 30.9 Å². The van der Waals surface area contributed by atoms with Gasteiger partial charge in [0.15, 0.2) is 0 Å². The van der Waals surface area contributed by atoms with Crippen LogP contribution in [0.15, 0.2) is 60.9 Å². The summed E-state index contributed by atoms with van der Waals surface area (Å²) in [5, 5.41) is 12.8. The Bertz CT molecular complexity index is 969. The Hall–Kier alpha value is -2.63. The average molecular weight is 593 g/mol. The van der Waals surface area contributed by atoms with Crippen molar-refractivity contribution in [2.45, 2.75) is 52.4 Å². The second-order valence-electron chi connectivity index (χ2n) is 9.09. The molecule has 4 heterocycles. The molecule has 1 radical (unpaired) electrons. The minimum absolute atomic E-state index is 0. The number of rotatable bonds is 2. The van der Waals surface area contributed by atoms with Crippen LogP contribution in [0, 0.1) is 6.20 Å². The molecule has 0 fully saturated rings. The van der Waals surface area contributed by atoms with Crippen molar-refractivity contribution in [3.8, 4) is 17.2 Å². The normalized spacial score (nSPS) is 11.3. The van der Waals surface area contributed by atoms with Gasteiger partial charge in [0.05, 0.1) is 5.82 Å². The van der Waals surface area contributed by atoms with Gasteiger partial charge < -0.3 is 19.9 Å². The maximum absolute atomic E-state index is 4.45. The molecule has 0 saturated heterocycles. The molecule has 0 atom stereocenters. The van der Waals surface area contributed by atoms with E-state index in [9.17, 15) is 0 Å². The largest absolute Gasteiger partial charge is 0.573 e. The molecule has 165 valence electrons. The Kier molecular flexibility index (Phi) is 8.04. The molecule has 0 unspecified atom stereocenters.